The molecule has 1 aromatic carbocycles. The Bertz CT molecular complexity index is 794. The Morgan fingerprint density at radius 1 is 1.26 bits per heavy atom. The van der Waals surface area contributed by atoms with Gasteiger partial charge in [-0.25, -0.2) is 4.39 Å². The van der Waals surface area contributed by atoms with Crippen molar-refractivity contribution in [3.63, 3.8) is 0 Å². The maximum atomic E-state index is 14.4. The van der Waals surface area contributed by atoms with Gasteiger partial charge in [0, 0.05) is 23.5 Å². The van der Waals surface area contributed by atoms with Crippen LogP contribution in [-0.2, 0) is 9.59 Å². The van der Waals surface area contributed by atoms with E-state index in [1.165, 1.54) is 6.07 Å². The Morgan fingerprint density at radius 3 is 2.52 bits per heavy atom. The SMILES string of the molecule is CCCC(CCC)[C@H]1CN(C(=O)[C@@H]2C[C@H]2c2ccc(Cl)cc2F)[C@@H](CC(C)C)C(=O)N1. The van der Waals surface area contributed by atoms with Crippen LogP contribution in [0.25, 0.3) is 0 Å². The van der Waals surface area contributed by atoms with Crippen LogP contribution in [0.5, 0.6) is 0 Å². The van der Waals surface area contributed by atoms with E-state index in [0.29, 0.717) is 41.8 Å². The van der Waals surface area contributed by atoms with Crippen molar-refractivity contribution in [1.82, 2.24) is 10.2 Å². The standard InChI is InChI=1S/C25H36ClFN2O2/c1-5-7-16(8-6-2)22-14-29(23(11-15(3)4)24(30)28-22)25(31)20-13-19(20)18-10-9-17(26)12-21(18)27/h9-10,12,15-16,19-20,22-23H,5-8,11,13-14H2,1-4H3,(H,28,30)/t19-,20+,22+,23-/m0/s1. The summed E-state index contributed by atoms with van der Waals surface area (Å²) in [5.74, 6) is -0.109. The molecule has 0 spiro atoms. The van der Waals surface area contributed by atoms with Gasteiger partial charge in [-0.15, -0.1) is 0 Å². The Labute approximate surface area is 190 Å². The largest absolute Gasteiger partial charge is 0.350 e. The zero-order chi connectivity index (χ0) is 22.7. The summed E-state index contributed by atoms with van der Waals surface area (Å²) in [4.78, 5) is 28.4. The second-order valence-corrected chi connectivity index (χ2v) is 10.1. The van der Waals surface area contributed by atoms with E-state index in [2.05, 4.69) is 33.0 Å². The summed E-state index contributed by atoms with van der Waals surface area (Å²) in [5.41, 5.74) is 0.552. The van der Waals surface area contributed by atoms with Crippen LogP contribution < -0.4 is 5.32 Å². The molecule has 1 aromatic rings. The zero-order valence-electron chi connectivity index (χ0n) is 19.2. The van der Waals surface area contributed by atoms with Crippen LogP contribution in [0.1, 0.15) is 77.7 Å². The lowest BCUT2D eigenvalue weighted by molar-refractivity contribution is -0.147. The van der Waals surface area contributed by atoms with Gasteiger partial charge in [0.1, 0.15) is 11.9 Å². The number of piperazine rings is 1. The fraction of sp³-hybridized carbons (Fsp3) is 0.680. The fourth-order valence-corrected chi connectivity index (χ4v) is 5.27. The third-order valence-corrected chi connectivity index (χ3v) is 6.97. The van der Waals surface area contributed by atoms with Crippen LogP contribution in [0, 0.1) is 23.6 Å². The van der Waals surface area contributed by atoms with Gasteiger partial charge in [-0.2, -0.15) is 0 Å². The molecule has 2 fully saturated rings. The molecule has 2 aliphatic rings. The zero-order valence-corrected chi connectivity index (χ0v) is 19.9. The molecule has 0 radical (unpaired) electrons. The first-order valence-electron chi connectivity index (χ1n) is 11.8. The average molecular weight is 451 g/mol. The summed E-state index contributed by atoms with van der Waals surface area (Å²) in [5, 5.41) is 3.59. The molecule has 0 unspecified atom stereocenters. The fourth-order valence-electron chi connectivity index (χ4n) is 5.11. The van der Waals surface area contributed by atoms with Gasteiger partial charge in [0.2, 0.25) is 11.8 Å². The average Bonchev–Trinajstić information content (AvgIpc) is 3.49. The highest BCUT2D eigenvalue weighted by Crippen LogP contribution is 2.50. The van der Waals surface area contributed by atoms with Gasteiger partial charge in [0.25, 0.3) is 0 Å². The molecule has 1 saturated heterocycles. The number of rotatable bonds is 9. The van der Waals surface area contributed by atoms with Gasteiger partial charge in [-0.05, 0) is 61.1 Å². The minimum absolute atomic E-state index is 0.00315. The molecule has 3 rings (SSSR count). The van der Waals surface area contributed by atoms with E-state index in [9.17, 15) is 14.0 Å². The summed E-state index contributed by atoms with van der Waals surface area (Å²) in [6.45, 7) is 9.02. The first kappa shape index (κ1) is 24.0. The van der Waals surface area contributed by atoms with Crippen molar-refractivity contribution in [3.8, 4) is 0 Å². The second-order valence-electron chi connectivity index (χ2n) is 9.70. The van der Waals surface area contributed by atoms with Crippen molar-refractivity contribution in [1.29, 1.82) is 0 Å². The van der Waals surface area contributed by atoms with Crippen LogP contribution in [0.3, 0.4) is 0 Å². The minimum Gasteiger partial charge on any atom is -0.350 e. The van der Waals surface area contributed by atoms with Gasteiger partial charge in [0.05, 0.1) is 0 Å². The Balaban J connectivity index is 1.80. The van der Waals surface area contributed by atoms with Gasteiger partial charge in [0.15, 0.2) is 0 Å². The number of carbonyl (C=O) groups is 2. The summed E-state index contributed by atoms with van der Waals surface area (Å²) < 4.78 is 14.4. The third kappa shape index (κ3) is 5.60. The van der Waals surface area contributed by atoms with Crippen molar-refractivity contribution in [2.75, 3.05) is 6.54 Å². The van der Waals surface area contributed by atoms with Crippen molar-refractivity contribution >= 4 is 23.4 Å². The molecule has 1 aliphatic carbocycles. The van der Waals surface area contributed by atoms with Gasteiger partial charge < -0.3 is 10.2 Å². The lowest BCUT2D eigenvalue weighted by Crippen LogP contribution is -2.63. The lowest BCUT2D eigenvalue weighted by Gasteiger charge is -2.43. The Kier molecular flexibility index (Phi) is 8.01. The van der Waals surface area contributed by atoms with Crippen LogP contribution in [0.4, 0.5) is 4.39 Å². The molecule has 31 heavy (non-hydrogen) atoms. The lowest BCUT2D eigenvalue weighted by atomic mass is 9.87. The van der Waals surface area contributed by atoms with Crippen LogP contribution >= 0.6 is 11.6 Å². The van der Waals surface area contributed by atoms with Crippen LogP contribution in [0.15, 0.2) is 18.2 Å². The van der Waals surface area contributed by atoms with E-state index in [1.807, 2.05) is 4.90 Å². The quantitative estimate of drug-likeness (QED) is 0.536. The van der Waals surface area contributed by atoms with E-state index in [0.717, 1.165) is 25.7 Å². The molecular formula is C25H36ClFN2O2. The summed E-state index contributed by atoms with van der Waals surface area (Å²) >= 11 is 5.88. The maximum absolute atomic E-state index is 14.4. The van der Waals surface area contributed by atoms with Crippen molar-refractivity contribution in [2.45, 2.75) is 84.2 Å². The number of benzene rings is 1. The normalized spacial score (nSPS) is 25.8. The number of amides is 2. The first-order valence-corrected chi connectivity index (χ1v) is 12.2. The van der Waals surface area contributed by atoms with E-state index in [-0.39, 0.29) is 35.5 Å². The number of nitrogens with zero attached hydrogens (tertiary/aromatic N) is 1. The second kappa shape index (κ2) is 10.3. The van der Waals surface area contributed by atoms with Gasteiger partial charge >= 0.3 is 0 Å². The van der Waals surface area contributed by atoms with Crippen LogP contribution in [0.2, 0.25) is 5.02 Å². The molecule has 0 bridgehead atoms. The third-order valence-electron chi connectivity index (χ3n) is 6.74. The highest BCUT2D eigenvalue weighted by atomic mass is 35.5. The molecule has 1 aliphatic heterocycles. The van der Waals surface area contributed by atoms with Crippen molar-refractivity contribution in [2.24, 2.45) is 17.8 Å². The number of nitrogens with one attached hydrogen (secondary N) is 1. The number of hydrogen-bond acceptors (Lipinski definition) is 2. The van der Waals surface area contributed by atoms with Gasteiger partial charge in [-0.1, -0.05) is 58.2 Å². The van der Waals surface area contributed by atoms with Crippen molar-refractivity contribution < 1.29 is 14.0 Å². The molecular weight excluding hydrogens is 415 g/mol. The highest BCUT2D eigenvalue weighted by molar-refractivity contribution is 6.30. The first-order chi connectivity index (χ1) is 14.8. The number of hydrogen-bond donors (Lipinski definition) is 1. The maximum Gasteiger partial charge on any atom is 0.243 e. The Morgan fingerprint density at radius 2 is 1.94 bits per heavy atom. The Hall–Kier alpha value is -1.62. The number of carbonyl (C=O) groups excluding carboxylic acids is 2. The van der Waals surface area contributed by atoms with Gasteiger partial charge in [-0.3, -0.25) is 9.59 Å². The molecule has 2 amide bonds. The van der Waals surface area contributed by atoms with E-state index in [4.69, 9.17) is 11.6 Å². The highest BCUT2D eigenvalue weighted by Gasteiger charge is 2.50. The van der Waals surface area contributed by atoms with Crippen molar-refractivity contribution in [3.05, 3.63) is 34.6 Å². The predicted octanol–water partition coefficient (Wildman–Crippen LogP) is 5.54. The number of halogens is 2. The molecule has 172 valence electrons. The monoisotopic (exact) mass is 450 g/mol. The van der Waals surface area contributed by atoms with E-state index in [1.54, 1.807) is 12.1 Å². The topological polar surface area (TPSA) is 49.4 Å². The minimum atomic E-state index is -0.441. The summed E-state index contributed by atoms with van der Waals surface area (Å²) in [7, 11) is 0. The molecule has 1 saturated carbocycles. The molecule has 4 atom stereocenters. The summed E-state index contributed by atoms with van der Waals surface area (Å²) in [6.07, 6.45) is 5.46. The molecule has 0 aromatic heterocycles. The predicted molar refractivity (Wildman–Crippen MR) is 122 cm³/mol. The molecule has 6 heteroatoms. The summed E-state index contributed by atoms with van der Waals surface area (Å²) in [6, 6.07) is 4.22. The molecule has 1 N–H and O–H groups in total. The molecule has 4 nitrogen and oxygen atoms in total. The van der Waals surface area contributed by atoms with E-state index < -0.39 is 6.04 Å². The smallest absolute Gasteiger partial charge is 0.243 e. The van der Waals surface area contributed by atoms with E-state index >= 15 is 0 Å². The van der Waals surface area contributed by atoms with Crippen LogP contribution in [-0.4, -0.2) is 35.3 Å². The molecule has 1 heterocycles.